The lowest BCUT2D eigenvalue weighted by Gasteiger charge is -2.41. The van der Waals surface area contributed by atoms with Crippen LogP contribution in [0.15, 0.2) is 12.2 Å². The van der Waals surface area contributed by atoms with Gasteiger partial charge in [0, 0.05) is 6.61 Å². The number of hydrogen-bond acceptors (Lipinski definition) is 2. The SMILES string of the molecule is C=C(CO)C(C)(C)C(C)(C)CO. The van der Waals surface area contributed by atoms with Crippen LogP contribution in [0, 0.1) is 10.8 Å². The van der Waals surface area contributed by atoms with Gasteiger partial charge in [0.15, 0.2) is 0 Å². The van der Waals surface area contributed by atoms with E-state index in [0.717, 1.165) is 5.57 Å². The standard InChI is InChI=1S/C10H20O2/c1-8(6-11)10(4,5)9(2,3)7-12/h11-12H,1,6-7H2,2-5H3. The van der Waals surface area contributed by atoms with Crippen molar-refractivity contribution in [3.8, 4) is 0 Å². The molecule has 0 saturated carbocycles. The molecule has 0 aromatic heterocycles. The van der Waals surface area contributed by atoms with Crippen molar-refractivity contribution in [1.29, 1.82) is 0 Å². The Hall–Kier alpha value is -0.340. The first-order chi connectivity index (χ1) is 5.29. The summed E-state index contributed by atoms with van der Waals surface area (Å²) in [5.41, 5.74) is 0.283. The maximum absolute atomic E-state index is 9.15. The number of aliphatic hydroxyl groups excluding tert-OH is 2. The summed E-state index contributed by atoms with van der Waals surface area (Å²) in [6.07, 6.45) is 0. The Bertz CT molecular complexity index is 169. The number of hydrogen-bond donors (Lipinski definition) is 2. The van der Waals surface area contributed by atoms with Crippen molar-refractivity contribution in [2.45, 2.75) is 27.7 Å². The van der Waals surface area contributed by atoms with Gasteiger partial charge in [-0.1, -0.05) is 34.3 Å². The third-order valence-corrected chi connectivity index (χ3v) is 3.16. The molecule has 2 N–H and O–H groups in total. The highest BCUT2D eigenvalue weighted by Gasteiger charge is 2.38. The highest BCUT2D eigenvalue weighted by atomic mass is 16.3. The monoisotopic (exact) mass is 172 g/mol. The molecular weight excluding hydrogens is 152 g/mol. The Morgan fingerprint density at radius 1 is 1.17 bits per heavy atom. The van der Waals surface area contributed by atoms with Crippen molar-refractivity contribution in [3.05, 3.63) is 12.2 Å². The predicted octanol–water partition coefficient (Wildman–Crippen LogP) is 1.58. The van der Waals surface area contributed by atoms with Crippen molar-refractivity contribution < 1.29 is 10.2 Å². The summed E-state index contributed by atoms with van der Waals surface area (Å²) in [4.78, 5) is 0. The molecule has 0 saturated heterocycles. The summed E-state index contributed by atoms with van der Waals surface area (Å²) < 4.78 is 0. The van der Waals surface area contributed by atoms with Crippen LogP contribution in [0.1, 0.15) is 27.7 Å². The average molecular weight is 172 g/mol. The fourth-order valence-electron chi connectivity index (χ4n) is 0.874. The van der Waals surface area contributed by atoms with Crippen LogP contribution >= 0.6 is 0 Å². The van der Waals surface area contributed by atoms with Gasteiger partial charge < -0.3 is 10.2 Å². The molecule has 0 unspecified atom stereocenters. The van der Waals surface area contributed by atoms with E-state index in [1.807, 2.05) is 27.7 Å². The molecule has 0 heterocycles. The smallest absolute Gasteiger partial charge is 0.0644 e. The minimum Gasteiger partial charge on any atom is -0.396 e. The molecule has 0 aliphatic rings. The van der Waals surface area contributed by atoms with E-state index < -0.39 is 0 Å². The molecule has 0 amide bonds. The van der Waals surface area contributed by atoms with E-state index in [2.05, 4.69) is 6.58 Å². The van der Waals surface area contributed by atoms with Crippen LogP contribution in [0.2, 0.25) is 0 Å². The number of aliphatic hydroxyl groups is 2. The summed E-state index contributed by atoms with van der Waals surface area (Å²) in [6, 6.07) is 0. The predicted molar refractivity (Wildman–Crippen MR) is 50.9 cm³/mol. The first kappa shape index (κ1) is 11.7. The van der Waals surface area contributed by atoms with Crippen molar-refractivity contribution in [2.24, 2.45) is 10.8 Å². The van der Waals surface area contributed by atoms with Gasteiger partial charge in [-0.3, -0.25) is 0 Å². The molecule has 2 heteroatoms. The quantitative estimate of drug-likeness (QED) is 0.632. The fraction of sp³-hybridized carbons (Fsp3) is 0.800. The van der Waals surface area contributed by atoms with Crippen molar-refractivity contribution in [3.63, 3.8) is 0 Å². The van der Waals surface area contributed by atoms with Gasteiger partial charge in [-0.25, -0.2) is 0 Å². The maximum Gasteiger partial charge on any atom is 0.0644 e. The first-order valence-corrected chi connectivity index (χ1v) is 4.19. The van der Waals surface area contributed by atoms with Gasteiger partial charge in [-0.05, 0) is 16.4 Å². The summed E-state index contributed by atoms with van der Waals surface area (Å²) >= 11 is 0. The van der Waals surface area contributed by atoms with E-state index in [9.17, 15) is 0 Å². The lowest BCUT2D eigenvalue weighted by Crippen LogP contribution is -2.37. The van der Waals surface area contributed by atoms with Crippen LogP contribution in [-0.4, -0.2) is 23.4 Å². The molecule has 0 aliphatic carbocycles. The van der Waals surface area contributed by atoms with Gasteiger partial charge in [-0.15, -0.1) is 0 Å². The fourth-order valence-corrected chi connectivity index (χ4v) is 0.874. The number of rotatable bonds is 4. The highest BCUT2D eigenvalue weighted by molar-refractivity contribution is 5.12. The molecule has 0 rings (SSSR count). The Balaban J connectivity index is 4.71. The molecule has 0 aromatic rings. The van der Waals surface area contributed by atoms with Gasteiger partial charge in [0.05, 0.1) is 6.61 Å². The van der Waals surface area contributed by atoms with Gasteiger partial charge in [0.25, 0.3) is 0 Å². The Labute approximate surface area is 74.9 Å². The molecule has 0 aliphatic heterocycles. The third kappa shape index (κ3) is 1.87. The normalized spacial score (nSPS) is 13.2. The summed E-state index contributed by atoms with van der Waals surface area (Å²) in [7, 11) is 0. The van der Waals surface area contributed by atoms with Crippen LogP contribution in [0.5, 0.6) is 0 Å². The van der Waals surface area contributed by atoms with Gasteiger partial charge >= 0.3 is 0 Å². The van der Waals surface area contributed by atoms with E-state index in [0.29, 0.717) is 0 Å². The zero-order chi connectivity index (χ0) is 9.99. The molecule has 72 valence electrons. The van der Waals surface area contributed by atoms with E-state index in [-0.39, 0.29) is 24.0 Å². The maximum atomic E-state index is 9.15. The molecule has 0 bridgehead atoms. The topological polar surface area (TPSA) is 40.5 Å². The van der Waals surface area contributed by atoms with E-state index in [1.165, 1.54) is 0 Å². The zero-order valence-electron chi connectivity index (χ0n) is 8.52. The van der Waals surface area contributed by atoms with Crippen molar-refractivity contribution in [2.75, 3.05) is 13.2 Å². The summed E-state index contributed by atoms with van der Waals surface area (Å²) in [6.45, 7) is 11.8. The van der Waals surface area contributed by atoms with Crippen LogP contribution < -0.4 is 0 Å². The summed E-state index contributed by atoms with van der Waals surface area (Å²) in [5, 5.41) is 18.1. The van der Waals surface area contributed by atoms with Crippen LogP contribution in [0.3, 0.4) is 0 Å². The first-order valence-electron chi connectivity index (χ1n) is 4.19. The molecule has 0 fully saturated rings. The molecule has 0 radical (unpaired) electrons. The molecule has 0 atom stereocenters. The lowest BCUT2D eigenvalue weighted by atomic mass is 9.65. The summed E-state index contributed by atoms with van der Waals surface area (Å²) in [5.74, 6) is 0. The second kappa shape index (κ2) is 3.58. The Morgan fingerprint density at radius 3 is 1.83 bits per heavy atom. The lowest BCUT2D eigenvalue weighted by molar-refractivity contribution is 0.0549. The van der Waals surface area contributed by atoms with E-state index >= 15 is 0 Å². The molecule has 0 spiro atoms. The van der Waals surface area contributed by atoms with Gasteiger partial charge in [-0.2, -0.15) is 0 Å². The van der Waals surface area contributed by atoms with Crippen LogP contribution in [0.25, 0.3) is 0 Å². The van der Waals surface area contributed by atoms with Crippen molar-refractivity contribution in [1.82, 2.24) is 0 Å². The molecule has 12 heavy (non-hydrogen) atoms. The van der Waals surface area contributed by atoms with E-state index in [1.54, 1.807) is 0 Å². The van der Waals surface area contributed by atoms with E-state index in [4.69, 9.17) is 10.2 Å². The minimum atomic E-state index is -0.243. The van der Waals surface area contributed by atoms with Crippen molar-refractivity contribution >= 4 is 0 Å². The molecular formula is C10H20O2. The Morgan fingerprint density at radius 2 is 1.58 bits per heavy atom. The molecule has 0 aromatic carbocycles. The zero-order valence-corrected chi connectivity index (χ0v) is 8.52. The van der Waals surface area contributed by atoms with Crippen LogP contribution in [0.4, 0.5) is 0 Å². The average Bonchev–Trinajstić information content (AvgIpc) is 2.02. The Kier molecular flexibility index (Phi) is 3.48. The van der Waals surface area contributed by atoms with Gasteiger partial charge in [0.2, 0.25) is 0 Å². The third-order valence-electron chi connectivity index (χ3n) is 3.16. The largest absolute Gasteiger partial charge is 0.396 e. The van der Waals surface area contributed by atoms with Crippen LogP contribution in [-0.2, 0) is 0 Å². The highest BCUT2D eigenvalue weighted by Crippen LogP contribution is 2.42. The second-order valence-electron chi connectivity index (χ2n) is 4.43. The molecule has 2 nitrogen and oxygen atoms in total. The second-order valence-corrected chi connectivity index (χ2v) is 4.43. The minimum absolute atomic E-state index is 0.0174. The van der Waals surface area contributed by atoms with Gasteiger partial charge in [0.1, 0.15) is 0 Å².